The lowest BCUT2D eigenvalue weighted by Crippen LogP contribution is -1.97. The van der Waals surface area contributed by atoms with Crippen molar-refractivity contribution in [3.8, 4) is 33.9 Å². The second-order valence-corrected chi connectivity index (χ2v) is 5.29. The highest BCUT2D eigenvalue weighted by atomic mass is 15.1. The molecule has 4 aromatic rings. The van der Waals surface area contributed by atoms with E-state index in [2.05, 4.69) is 32.3 Å². The van der Waals surface area contributed by atoms with Crippen LogP contribution in [0.3, 0.4) is 0 Å². The van der Waals surface area contributed by atoms with Crippen molar-refractivity contribution >= 4 is 0 Å². The molecule has 0 saturated heterocycles. The number of hydrogen-bond acceptors (Lipinski definition) is 4. The van der Waals surface area contributed by atoms with E-state index in [0.29, 0.717) is 0 Å². The van der Waals surface area contributed by atoms with Gasteiger partial charge in [-0.2, -0.15) is 0 Å². The molecule has 0 bridgehead atoms. The van der Waals surface area contributed by atoms with Gasteiger partial charge in [0.2, 0.25) is 0 Å². The fraction of sp³-hybridized carbons (Fsp3) is 0. The molecule has 0 saturated carbocycles. The van der Waals surface area contributed by atoms with Crippen LogP contribution in [0.2, 0.25) is 0 Å². The Kier molecular flexibility index (Phi) is 3.78. The van der Waals surface area contributed by atoms with Gasteiger partial charge in [0.15, 0.2) is 0 Å². The summed E-state index contributed by atoms with van der Waals surface area (Å²) in [4.78, 5) is 8.79. The smallest absolute Gasteiger partial charge is 0.119 e. The molecule has 0 unspecified atom stereocenters. The van der Waals surface area contributed by atoms with Gasteiger partial charge in [0.25, 0.3) is 0 Å². The summed E-state index contributed by atoms with van der Waals surface area (Å²) in [5, 5.41) is 8.81. The third-order valence-corrected chi connectivity index (χ3v) is 3.71. The van der Waals surface area contributed by atoms with E-state index in [0.717, 1.165) is 33.9 Å². The van der Waals surface area contributed by atoms with Crippen molar-refractivity contribution < 1.29 is 0 Å². The third-order valence-electron chi connectivity index (χ3n) is 3.71. The Bertz CT molecular complexity index is 939. The van der Waals surface area contributed by atoms with Crippen LogP contribution in [-0.2, 0) is 0 Å². The van der Waals surface area contributed by atoms with Gasteiger partial charge in [-0.25, -0.2) is 0 Å². The molecule has 0 aliphatic rings. The Morgan fingerprint density at radius 2 is 1.21 bits per heavy atom. The van der Waals surface area contributed by atoms with Gasteiger partial charge in [0, 0.05) is 18.0 Å². The maximum atomic E-state index is 4.45. The van der Waals surface area contributed by atoms with Gasteiger partial charge in [-0.3, -0.25) is 9.97 Å². The minimum Gasteiger partial charge on any atom is -0.255 e. The predicted molar refractivity (Wildman–Crippen MR) is 93.9 cm³/mol. The Morgan fingerprint density at radius 3 is 1.88 bits per heavy atom. The minimum absolute atomic E-state index is 0.745. The summed E-state index contributed by atoms with van der Waals surface area (Å²) in [5.41, 5.74) is 5.18. The van der Waals surface area contributed by atoms with E-state index in [4.69, 9.17) is 0 Å². The quantitative estimate of drug-likeness (QED) is 0.567. The zero-order chi connectivity index (χ0) is 16.2. The summed E-state index contributed by atoms with van der Waals surface area (Å²) < 4.78 is 0. The van der Waals surface area contributed by atoms with E-state index in [-0.39, 0.29) is 0 Å². The highest BCUT2D eigenvalue weighted by Crippen LogP contribution is 2.31. The van der Waals surface area contributed by atoms with Crippen LogP contribution in [-0.4, -0.2) is 20.2 Å². The first-order chi connectivity index (χ1) is 11.9. The molecule has 1 aromatic carbocycles. The summed E-state index contributed by atoms with van der Waals surface area (Å²) in [5.74, 6) is 0. The van der Waals surface area contributed by atoms with E-state index in [1.54, 1.807) is 12.4 Å². The predicted octanol–water partition coefficient (Wildman–Crippen LogP) is 4.27. The van der Waals surface area contributed by atoms with Crippen LogP contribution in [0.25, 0.3) is 33.9 Å². The van der Waals surface area contributed by atoms with Gasteiger partial charge in [-0.05, 0) is 35.9 Å². The fourth-order valence-electron chi connectivity index (χ4n) is 2.56. The molecule has 0 atom stereocenters. The molecule has 24 heavy (non-hydrogen) atoms. The van der Waals surface area contributed by atoms with Crippen LogP contribution in [0.4, 0.5) is 0 Å². The standard InChI is InChI=1S/C20H14N4/c1-2-8-15(9-3-1)16-14-19(17-10-4-6-12-21-17)23-24-20(16)18-11-5-7-13-22-18/h1-14H. The zero-order valence-corrected chi connectivity index (χ0v) is 12.9. The number of rotatable bonds is 3. The lowest BCUT2D eigenvalue weighted by molar-refractivity contribution is 1.03. The van der Waals surface area contributed by atoms with E-state index < -0.39 is 0 Å². The molecule has 0 spiro atoms. The average molecular weight is 310 g/mol. The first-order valence-corrected chi connectivity index (χ1v) is 7.68. The minimum atomic E-state index is 0.745. The Labute approximate surface area is 139 Å². The van der Waals surface area contributed by atoms with Gasteiger partial charge < -0.3 is 0 Å². The molecule has 0 radical (unpaired) electrons. The molecule has 0 fully saturated rings. The van der Waals surface area contributed by atoms with Crippen LogP contribution < -0.4 is 0 Å². The third kappa shape index (κ3) is 2.77. The second kappa shape index (κ2) is 6.38. The van der Waals surface area contributed by atoms with Crippen molar-refractivity contribution in [3.05, 3.63) is 85.2 Å². The summed E-state index contributed by atoms with van der Waals surface area (Å²) in [7, 11) is 0. The highest BCUT2D eigenvalue weighted by molar-refractivity contribution is 5.81. The Morgan fingerprint density at radius 1 is 0.542 bits per heavy atom. The molecule has 3 aromatic heterocycles. The van der Waals surface area contributed by atoms with Crippen molar-refractivity contribution in [2.75, 3.05) is 0 Å². The molecule has 4 rings (SSSR count). The Balaban J connectivity index is 1.92. The number of pyridine rings is 2. The molecular weight excluding hydrogens is 296 g/mol. The molecule has 3 heterocycles. The van der Waals surface area contributed by atoms with Crippen molar-refractivity contribution in [2.45, 2.75) is 0 Å². The topological polar surface area (TPSA) is 51.6 Å². The fourth-order valence-corrected chi connectivity index (χ4v) is 2.56. The molecular formula is C20H14N4. The normalized spacial score (nSPS) is 10.5. The lowest BCUT2D eigenvalue weighted by Gasteiger charge is -2.09. The van der Waals surface area contributed by atoms with E-state index in [1.165, 1.54) is 0 Å². The van der Waals surface area contributed by atoms with E-state index in [1.807, 2.05) is 60.7 Å². The summed E-state index contributed by atoms with van der Waals surface area (Å²) in [6.07, 6.45) is 3.52. The zero-order valence-electron chi connectivity index (χ0n) is 12.9. The van der Waals surface area contributed by atoms with Crippen LogP contribution >= 0.6 is 0 Å². The van der Waals surface area contributed by atoms with Crippen molar-refractivity contribution in [3.63, 3.8) is 0 Å². The monoisotopic (exact) mass is 310 g/mol. The van der Waals surface area contributed by atoms with E-state index in [9.17, 15) is 0 Å². The Hall–Kier alpha value is -3.40. The summed E-state index contributed by atoms with van der Waals surface area (Å²) >= 11 is 0. The second-order valence-electron chi connectivity index (χ2n) is 5.29. The SMILES string of the molecule is c1ccc(-c2cc(-c3ccccn3)nnc2-c2ccccn2)cc1. The molecule has 4 heteroatoms. The molecule has 0 aliphatic carbocycles. The van der Waals surface area contributed by atoms with Crippen molar-refractivity contribution in [1.29, 1.82) is 0 Å². The first kappa shape index (κ1) is 14.2. The van der Waals surface area contributed by atoms with E-state index >= 15 is 0 Å². The van der Waals surface area contributed by atoms with Gasteiger partial charge >= 0.3 is 0 Å². The maximum absolute atomic E-state index is 4.45. The lowest BCUT2D eigenvalue weighted by atomic mass is 10.0. The first-order valence-electron chi connectivity index (χ1n) is 7.68. The molecule has 0 N–H and O–H groups in total. The van der Waals surface area contributed by atoms with Gasteiger partial charge in [0.05, 0.1) is 11.4 Å². The highest BCUT2D eigenvalue weighted by Gasteiger charge is 2.13. The van der Waals surface area contributed by atoms with Crippen molar-refractivity contribution in [1.82, 2.24) is 20.2 Å². The molecule has 4 nitrogen and oxygen atoms in total. The average Bonchev–Trinajstić information content (AvgIpc) is 2.69. The van der Waals surface area contributed by atoms with Crippen LogP contribution in [0.1, 0.15) is 0 Å². The number of aromatic nitrogens is 4. The summed E-state index contributed by atoms with van der Waals surface area (Å²) in [6, 6.07) is 23.7. The molecule has 114 valence electrons. The number of hydrogen-bond donors (Lipinski definition) is 0. The summed E-state index contributed by atoms with van der Waals surface area (Å²) in [6.45, 7) is 0. The van der Waals surface area contributed by atoms with Gasteiger partial charge in [-0.1, -0.05) is 42.5 Å². The molecule has 0 amide bonds. The van der Waals surface area contributed by atoms with Gasteiger partial charge in [-0.15, -0.1) is 10.2 Å². The van der Waals surface area contributed by atoms with Crippen LogP contribution in [0.15, 0.2) is 85.2 Å². The van der Waals surface area contributed by atoms with Crippen molar-refractivity contribution in [2.24, 2.45) is 0 Å². The largest absolute Gasteiger partial charge is 0.255 e. The van der Waals surface area contributed by atoms with Crippen LogP contribution in [0.5, 0.6) is 0 Å². The van der Waals surface area contributed by atoms with Crippen LogP contribution in [0, 0.1) is 0 Å². The molecule has 0 aliphatic heterocycles. The number of nitrogens with zero attached hydrogens (tertiary/aromatic N) is 4. The van der Waals surface area contributed by atoms with Gasteiger partial charge in [0.1, 0.15) is 11.4 Å². The maximum Gasteiger partial charge on any atom is 0.119 e. The number of benzene rings is 1.